The lowest BCUT2D eigenvalue weighted by Crippen LogP contribution is -2.01. The van der Waals surface area contributed by atoms with Crippen molar-refractivity contribution in [3.63, 3.8) is 0 Å². The Bertz CT molecular complexity index is 161. The molecule has 0 radical (unpaired) electrons. The first-order valence-electron chi connectivity index (χ1n) is 1.65. The maximum Gasteiger partial charge on any atom is 0.369 e. The number of carbonyl (C=O) groups is 1. The molecule has 0 aromatic heterocycles. The van der Waals surface area contributed by atoms with Crippen LogP contribution in [0.25, 0.3) is 0 Å². The fraction of sp³-hybridized carbons (Fsp3) is 0.500. The van der Waals surface area contributed by atoms with Gasteiger partial charge in [0.15, 0.2) is 0 Å². The van der Waals surface area contributed by atoms with Crippen molar-refractivity contribution in [1.29, 1.82) is 0 Å². The molecule has 0 atom stereocenters. The van der Waals surface area contributed by atoms with Crippen LogP contribution in [-0.4, -0.2) is 19.5 Å². The number of hydrogen-bond acceptors (Lipinski definition) is 3. The normalized spacial score (nSPS) is 9.22. The summed E-state index contributed by atoms with van der Waals surface area (Å²) in [5.74, 6) is -0.833. The molecule has 0 amide bonds. The zero-order valence-electron chi connectivity index (χ0n) is 4.54. The largest absolute Gasteiger partial charge is 0.481 e. The van der Waals surface area contributed by atoms with Crippen LogP contribution in [0.2, 0.25) is 0 Å². The summed E-state index contributed by atoms with van der Waals surface area (Å²) in [5, 5.41) is 11.1. The molecule has 0 aliphatic carbocycles. The fourth-order valence-electron chi connectivity index (χ4n) is 0. The van der Waals surface area contributed by atoms with E-state index in [1.54, 1.807) is 0 Å². The average Bonchev–Trinajstić information content (AvgIpc) is 1.19. The molecular formula is C2H6FNO4S. The number of carboxylic acid groups (broad SMARTS) is 1. The van der Waals surface area contributed by atoms with Gasteiger partial charge in [0.05, 0.1) is 0 Å². The van der Waals surface area contributed by atoms with Crippen LogP contribution in [0.1, 0.15) is 6.92 Å². The highest BCUT2D eigenvalue weighted by molar-refractivity contribution is 7.83. The van der Waals surface area contributed by atoms with Gasteiger partial charge in [0, 0.05) is 6.92 Å². The van der Waals surface area contributed by atoms with Gasteiger partial charge in [-0.05, 0) is 0 Å². The molecule has 0 aromatic rings. The molecule has 0 fully saturated rings. The zero-order valence-corrected chi connectivity index (χ0v) is 5.35. The molecule has 0 rings (SSSR count). The molecule has 0 bridgehead atoms. The van der Waals surface area contributed by atoms with E-state index in [0.717, 1.165) is 6.92 Å². The van der Waals surface area contributed by atoms with Crippen molar-refractivity contribution in [3.8, 4) is 0 Å². The van der Waals surface area contributed by atoms with E-state index in [0.29, 0.717) is 0 Å². The molecule has 0 saturated heterocycles. The first-order valence-corrected chi connectivity index (χ1v) is 3.10. The second-order valence-corrected chi connectivity index (χ2v) is 1.95. The molecule has 56 valence electrons. The van der Waals surface area contributed by atoms with E-state index in [1.807, 2.05) is 0 Å². The molecule has 0 aliphatic heterocycles. The molecule has 0 aliphatic rings. The van der Waals surface area contributed by atoms with Gasteiger partial charge in [-0.1, -0.05) is 3.89 Å². The van der Waals surface area contributed by atoms with Crippen LogP contribution in [0, 0.1) is 0 Å². The van der Waals surface area contributed by atoms with Gasteiger partial charge in [0.1, 0.15) is 0 Å². The van der Waals surface area contributed by atoms with E-state index in [9.17, 15) is 3.89 Å². The number of halogens is 1. The number of carboxylic acids is 1. The van der Waals surface area contributed by atoms with Gasteiger partial charge in [-0.3, -0.25) is 4.79 Å². The molecule has 5 nitrogen and oxygen atoms in total. The molecule has 3 N–H and O–H groups in total. The zero-order chi connectivity index (χ0) is 8.08. The summed E-state index contributed by atoms with van der Waals surface area (Å²) in [4.78, 5) is 9.00. The fourth-order valence-corrected chi connectivity index (χ4v) is 0. The molecule has 0 aromatic carbocycles. The third kappa shape index (κ3) is 433. The van der Waals surface area contributed by atoms with Gasteiger partial charge in [0.25, 0.3) is 5.97 Å². The van der Waals surface area contributed by atoms with Crippen molar-refractivity contribution in [1.82, 2.24) is 0 Å². The predicted molar refractivity (Wildman–Crippen MR) is 27.5 cm³/mol. The maximum atomic E-state index is 10.4. The van der Waals surface area contributed by atoms with E-state index in [-0.39, 0.29) is 0 Å². The lowest BCUT2D eigenvalue weighted by Gasteiger charge is -1.64. The topological polar surface area (TPSA) is 97.5 Å². The Hall–Kier alpha value is -0.690. The monoisotopic (exact) mass is 159 g/mol. The Kier molecular flexibility index (Phi) is 5.22. The quantitative estimate of drug-likeness (QED) is 0.454. The second kappa shape index (κ2) is 4.21. The van der Waals surface area contributed by atoms with Crippen molar-refractivity contribution >= 4 is 16.4 Å². The van der Waals surface area contributed by atoms with Crippen LogP contribution < -0.4 is 5.14 Å². The molecular weight excluding hydrogens is 153 g/mol. The van der Waals surface area contributed by atoms with Gasteiger partial charge in [-0.2, -0.15) is 8.42 Å². The summed E-state index contributed by atoms with van der Waals surface area (Å²) >= 11 is 0. The van der Waals surface area contributed by atoms with Crippen LogP contribution in [-0.2, 0) is 15.2 Å². The van der Waals surface area contributed by atoms with Crippen LogP contribution >= 0.6 is 0 Å². The Labute approximate surface area is 51.6 Å². The Balaban J connectivity index is 0. The van der Waals surface area contributed by atoms with Gasteiger partial charge < -0.3 is 5.11 Å². The minimum absolute atomic E-state index is 0.833. The minimum atomic E-state index is -4.67. The number of aliphatic carboxylic acids is 1. The van der Waals surface area contributed by atoms with Crippen LogP contribution in [0.4, 0.5) is 3.89 Å². The van der Waals surface area contributed by atoms with E-state index < -0.39 is 16.4 Å². The summed E-state index contributed by atoms with van der Waals surface area (Å²) in [5.41, 5.74) is 0. The van der Waals surface area contributed by atoms with Gasteiger partial charge in [-0.25, -0.2) is 5.14 Å². The van der Waals surface area contributed by atoms with Crippen molar-refractivity contribution in [2.24, 2.45) is 5.14 Å². The van der Waals surface area contributed by atoms with Crippen molar-refractivity contribution < 1.29 is 22.2 Å². The van der Waals surface area contributed by atoms with Crippen molar-refractivity contribution in [3.05, 3.63) is 0 Å². The smallest absolute Gasteiger partial charge is 0.369 e. The Morgan fingerprint density at radius 1 is 1.67 bits per heavy atom. The highest BCUT2D eigenvalue weighted by Gasteiger charge is 1.86. The van der Waals surface area contributed by atoms with Crippen LogP contribution in [0.5, 0.6) is 0 Å². The third-order valence-corrected chi connectivity index (χ3v) is 0. The summed E-state index contributed by atoms with van der Waals surface area (Å²) in [7, 11) is -4.67. The van der Waals surface area contributed by atoms with E-state index in [2.05, 4.69) is 5.14 Å². The summed E-state index contributed by atoms with van der Waals surface area (Å²) < 4.78 is 27.9. The number of hydrogen-bond donors (Lipinski definition) is 2. The van der Waals surface area contributed by atoms with Crippen molar-refractivity contribution in [2.45, 2.75) is 6.92 Å². The van der Waals surface area contributed by atoms with Gasteiger partial charge in [0.2, 0.25) is 0 Å². The number of rotatable bonds is 0. The maximum absolute atomic E-state index is 10.4. The minimum Gasteiger partial charge on any atom is -0.481 e. The summed E-state index contributed by atoms with van der Waals surface area (Å²) in [6.07, 6.45) is 0. The van der Waals surface area contributed by atoms with E-state index in [1.165, 1.54) is 0 Å². The summed E-state index contributed by atoms with van der Waals surface area (Å²) in [6, 6.07) is 0. The molecule has 9 heavy (non-hydrogen) atoms. The van der Waals surface area contributed by atoms with E-state index in [4.69, 9.17) is 18.3 Å². The highest BCUT2D eigenvalue weighted by atomic mass is 32.3. The standard InChI is InChI=1S/C2H4O2.FH2NO2S/c1-2(3)4;1-5(2,3)4/h1H3,(H,3,4);(H2,2,3,4). The molecule has 0 heterocycles. The first-order chi connectivity index (χ1) is 3.73. The number of nitrogens with two attached hydrogens (primary N) is 1. The van der Waals surface area contributed by atoms with Gasteiger partial charge in [-0.15, -0.1) is 0 Å². The average molecular weight is 159 g/mol. The third-order valence-electron chi connectivity index (χ3n) is 0. The first kappa shape index (κ1) is 11.2. The molecule has 0 unspecified atom stereocenters. The van der Waals surface area contributed by atoms with E-state index >= 15 is 0 Å². The highest BCUT2D eigenvalue weighted by Crippen LogP contribution is 1.67. The molecule has 0 spiro atoms. The van der Waals surface area contributed by atoms with Crippen molar-refractivity contribution in [2.75, 3.05) is 0 Å². The summed E-state index contributed by atoms with van der Waals surface area (Å²) in [6.45, 7) is 1.08. The Morgan fingerprint density at radius 3 is 1.67 bits per heavy atom. The SMILES string of the molecule is CC(=O)O.NS(=O)(=O)F. The Morgan fingerprint density at radius 2 is 1.67 bits per heavy atom. The second-order valence-electron chi connectivity index (χ2n) is 0.995. The molecule has 0 saturated carbocycles. The lowest BCUT2D eigenvalue weighted by atomic mass is 10.9. The van der Waals surface area contributed by atoms with Gasteiger partial charge >= 0.3 is 10.4 Å². The molecule has 7 heteroatoms. The van der Waals surface area contributed by atoms with Crippen LogP contribution in [0.15, 0.2) is 0 Å². The van der Waals surface area contributed by atoms with Crippen LogP contribution in [0.3, 0.4) is 0 Å². The predicted octanol–water partition coefficient (Wildman–Crippen LogP) is -0.750. The lowest BCUT2D eigenvalue weighted by molar-refractivity contribution is -0.134.